The second-order valence-corrected chi connectivity index (χ2v) is 3.68. The van der Waals surface area contributed by atoms with Crippen LogP contribution in [0.3, 0.4) is 0 Å². The Morgan fingerprint density at radius 1 is 1.14 bits per heavy atom. The van der Waals surface area contributed by atoms with Crippen molar-refractivity contribution in [2.45, 2.75) is 27.2 Å². The molecule has 1 aromatic carbocycles. The van der Waals surface area contributed by atoms with Crippen molar-refractivity contribution < 1.29 is 5.11 Å². The molecular weight excluding hydrogens is 174 g/mol. The van der Waals surface area contributed by atoms with Crippen LogP contribution >= 0.6 is 0 Å². The number of anilines is 1. The van der Waals surface area contributed by atoms with Gasteiger partial charge < -0.3 is 10.4 Å². The molecule has 0 bridgehead atoms. The number of aryl methyl sites for hydroxylation is 1. The van der Waals surface area contributed by atoms with Gasteiger partial charge in [0.15, 0.2) is 0 Å². The lowest BCUT2D eigenvalue weighted by atomic mass is 10.0. The Morgan fingerprint density at radius 2 is 1.86 bits per heavy atom. The maximum absolute atomic E-state index is 8.67. The fourth-order valence-electron chi connectivity index (χ4n) is 1.45. The van der Waals surface area contributed by atoms with Gasteiger partial charge in [0.25, 0.3) is 0 Å². The summed E-state index contributed by atoms with van der Waals surface area (Å²) < 4.78 is 0. The molecule has 0 spiro atoms. The highest BCUT2D eigenvalue weighted by atomic mass is 16.3. The van der Waals surface area contributed by atoms with Gasteiger partial charge in [0, 0.05) is 18.8 Å². The Kier molecular flexibility index (Phi) is 3.96. The van der Waals surface area contributed by atoms with Gasteiger partial charge in [0.05, 0.1) is 0 Å². The molecule has 0 fully saturated rings. The van der Waals surface area contributed by atoms with Gasteiger partial charge in [-0.25, -0.2) is 0 Å². The van der Waals surface area contributed by atoms with Crippen LogP contribution in [0.25, 0.3) is 0 Å². The van der Waals surface area contributed by atoms with Crippen molar-refractivity contribution in [1.29, 1.82) is 0 Å². The van der Waals surface area contributed by atoms with Gasteiger partial charge in [-0.05, 0) is 49.9 Å². The Bertz CT molecular complexity index is 307. The lowest BCUT2D eigenvalue weighted by Crippen LogP contribution is -2.05. The van der Waals surface area contributed by atoms with E-state index in [-0.39, 0.29) is 6.61 Å². The van der Waals surface area contributed by atoms with Crippen LogP contribution in [0.5, 0.6) is 0 Å². The molecule has 2 N–H and O–H groups in total. The van der Waals surface area contributed by atoms with Crippen molar-refractivity contribution in [2.75, 3.05) is 18.5 Å². The van der Waals surface area contributed by atoms with Crippen LogP contribution < -0.4 is 5.32 Å². The number of hydrogen-bond acceptors (Lipinski definition) is 2. The third-order valence-corrected chi connectivity index (χ3v) is 2.71. The van der Waals surface area contributed by atoms with Gasteiger partial charge in [0.2, 0.25) is 0 Å². The number of aliphatic hydroxyl groups excluding tert-OH is 1. The van der Waals surface area contributed by atoms with Crippen molar-refractivity contribution in [1.82, 2.24) is 0 Å². The molecule has 0 aliphatic carbocycles. The molecule has 0 saturated heterocycles. The van der Waals surface area contributed by atoms with Crippen LogP contribution in [0.15, 0.2) is 12.1 Å². The molecule has 0 unspecified atom stereocenters. The SMILES string of the molecule is Cc1ccc(NCCCO)c(C)c1C. The average Bonchev–Trinajstić information content (AvgIpc) is 2.18. The van der Waals surface area contributed by atoms with Crippen molar-refractivity contribution in [2.24, 2.45) is 0 Å². The number of hydrogen-bond donors (Lipinski definition) is 2. The van der Waals surface area contributed by atoms with Crippen molar-refractivity contribution in [3.63, 3.8) is 0 Å². The number of rotatable bonds is 4. The van der Waals surface area contributed by atoms with E-state index in [1.54, 1.807) is 0 Å². The molecule has 0 amide bonds. The van der Waals surface area contributed by atoms with E-state index in [1.165, 1.54) is 22.4 Å². The van der Waals surface area contributed by atoms with Gasteiger partial charge in [0.1, 0.15) is 0 Å². The quantitative estimate of drug-likeness (QED) is 0.720. The first-order chi connectivity index (χ1) is 6.66. The van der Waals surface area contributed by atoms with Crippen LogP contribution in [-0.4, -0.2) is 18.3 Å². The fraction of sp³-hybridized carbons (Fsp3) is 0.500. The fourth-order valence-corrected chi connectivity index (χ4v) is 1.45. The predicted octanol–water partition coefficient (Wildman–Crippen LogP) is 2.41. The second kappa shape index (κ2) is 5.01. The molecule has 0 aromatic heterocycles. The topological polar surface area (TPSA) is 32.3 Å². The van der Waals surface area contributed by atoms with E-state index in [0.717, 1.165) is 13.0 Å². The minimum absolute atomic E-state index is 0.247. The lowest BCUT2D eigenvalue weighted by Gasteiger charge is -2.12. The highest BCUT2D eigenvalue weighted by Gasteiger charge is 2.02. The van der Waals surface area contributed by atoms with Crippen molar-refractivity contribution >= 4 is 5.69 Å². The maximum atomic E-state index is 8.67. The van der Waals surface area contributed by atoms with Crippen LogP contribution in [0.4, 0.5) is 5.69 Å². The summed E-state index contributed by atoms with van der Waals surface area (Å²) >= 11 is 0. The first kappa shape index (κ1) is 11.1. The molecule has 0 atom stereocenters. The third kappa shape index (κ3) is 2.48. The zero-order valence-corrected chi connectivity index (χ0v) is 9.22. The van der Waals surface area contributed by atoms with Gasteiger partial charge >= 0.3 is 0 Å². The van der Waals surface area contributed by atoms with E-state index in [2.05, 4.69) is 38.2 Å². The van der Waals surface area contributed by atoms with E-state index < -0.39 is 0 Å². The molecule has 1 rings (SSSR count). The van der Waals surface area contributed by atoms with E-state index in [9.17, 15) is 0 Å². The predicted molar refractivity (Wildman–Crippen MR) is 60.8 cm³/mol. The maximum Gasteiger partial charge on any atom is 0.0447 e. The minimum Gasteiger partial charge on any atom is -0.396 e. The van der Waals surface area contributed by atoms with Gasteiger partial charge in [-0.2, -0.15) is 0 Å². The highest BCUT2D eigenvalue weighted by molar-refractivity contribution is 5.55. The Balaban J connectivity index is 2.73. The summed E-state index contributed by atoms with van der Waals surface area (Å²) in [5.74, 6) is 0. The molecule has 0 saturated carbocycles. The molecule has 2 nitrogen and oxygen atoms in total. The summed E-state index contributed by atoms with van der Waals surface area (Å²) in [7, 11) is 0. The molecule has 0 heterocycles. The average molecular weight is 193 g/mol. The van der Waals surface area contributed by atoms with E-state index in [0.29, 0.717) is 0 Å². The first-order valence-corrected chi connectivity index (χ1v) is 5.08. The highest BCUT2D eigenvalue weighted by Crippen LogP contribution is 2.21. The van der Waals surface area contributed by atoms with E-state index in [4.69, 9.17) is 5.11 Å². The van der Waals surface area contributed by atoms with E-state index >= 15 is 0 Å². The summed E-state index contributed by atoms with van der Waals surface area (Å²) in [6.45, 7) is 7.47. The van der Waals surface area contributed by atoms with Gasteiger partial charge in [-0.1, -0.05) is 6.07 Å². The molecular formula is C12H19NO. The molecule has 14 heavy (non-hydrogen) atoms. The normalized spacial score (nSPS) is 10.3. The van der Waals surface area contributed by atoms with Crippen LogP contribution in [0, 0.1) is 20.8 Å². The summed E-state index contributed by atoms with van der Waals surface area (Å²) in [5.41, 5.74) is 5.17. The Labute approximate surface area is 86.0 Å². The lowest BCUT2D eigenvalue weighted by molar-refractivity contribution is 0.292. The molecule has 0 radical (unpaired) electrons. The summed E-state index contributed by atoms with van der Waals surface area (Å²) in [4.78, 5) is 0. The zero-order chi connectivity index (χ0) is 10.6. The van der Waals surface area contributed by atoms with Crippen LogP contribution in [0.1, 0.15) is 23.1 Å². The molecule has 0 aliphatic rings. The zero-order valence-electron chi connectivity index (χ0n) is 9.22. The number of benzene rings is 1. The van der Waals surface area contributed by atoms with Gasteiger partial charge in [-0.3, -0.25) is 0 Å². The summed E-state index contributed by atoms with van der Waals surface area (Å²) in [6, 6.07) is 4.23. The van der Waals surface area contributed by atoms with Gasteiger partial charge in [-0.15, -0.1) is 0 Å². The van der Waals surface area contributed by atoms with Crippen LogP contribution in [0.2, 0.25) is 0 Å². The summed E-state index contributed by atoms with van der Waals surface area (Å²) in [5, 5.41) is 12.0. The minimum atomic E-state index is 0.247. The largest absolute Gasteiger partial charge is 0.396 e. The Morgan fingerprint density at radius 3 is 2.50 bits per heavy atom. The van der Waals surface area contributed by atoms with Crippen LogP contribution in [-0.2, 0) is 0 Å². The second-order valence-electron chi connectivity index (χ2n) is 3.68. The molecule has 1 aromatic rings. The summed E-state index contributed by atoms with van der Waals surface area (Å²) in [6.07, 6.45) is 0.798. The third-order valence-electron chi connectivity index (χ3n) is 2.71. The molecule has 0 aliphatic heterocycles. The smallest absolute Gasteiger partial charge is 0.0447 e. The Hall–Kier alpha value is -1.02. The van der Waals surface area contributed by atoms with Crippen molar-refractivity contribution in [3.05, 3.63) is 28.8 Å². The first-order valence-electron chi connectivity index (χ1n) is 5.08. The molecule has 78 valence electrons. The number of nitrogens with one attached hydrogen (secondary N) is 1. The van der Waals surface area contributed by atoms with E-state index in [1.807, 2.05) is 0 Å². The monoisotopic (exact) mass is 193 g/mol. The van der Waals surface area contributed by atoms with Crippen molar-refractivity contribution in [3.8, 4) is 0 Å². The molecule has 2 heteroatoms. The number of aliphatic hydroxyl groups is 1. The standard InChI is InChI=1S/C12H19NO/c1-9-5-6-12(11(3)10(9)2)13-7-4-8-14/h5-6,13-14H,4,7-8H2,1-3H3.